The molecule has 1 aromatic rings. The van der Waals surface area contributed by atoms with Gasteiger partial charge in [-0.1, -0.05) is 6.08 Å². The highest BCUT2D eigenvalue weighted by molar-refractivity contribution is 5.94. The number of ether oxygens (including phenoxy) is 2. The number of amides is 1. The molecule has 2 unspecified atom stereocenters. The number of benzene rings is 1. The molecule has 0 aromatic heterocycles. The van der Waals surface area contributed by atoms with Gasteiger partial charge in [0.2, 0.25) is 5.91 Å². The molecule has 1 amide bonds. The van der Waals surface area contributed by atoms with E-state index in [1.54, 1.807) is 13.0 Å². The number of halogens is 1. The maximum Gasteiger partial charge on any atom is 0.338 e. The molecular weight excluding hydrogens is 430 g/mol. The Morgan fingerprint density at radius 2 is 2.03 bits per heavy atom. The molecule has 0 radical (unpaired) electrons. The highest BCUT2D eigenvalue weighted by Gasteiger charge is 2.61. The van der Waals surface area contributed by atoms with Gasteiger partial charge in [-0.15, -0.1) is 19.0 Å². The topological polar surface area (TPSA) is 137 Å². The smallest absolute Gasteiger partial charge is 0.338 e. The van der Waals surface area contributed by atoms with Crippen LogP contribution in [0.1, 0.15) is 30.1 Å². The monoisotopic (exact) mass is 453 g/mol. The average molecular weight is 454 g/mol. The lowest BCUT2D eigenvalue weighted by atomic mass is 10.1. The van der Waals surface area contributed by atoms with Crippen LogP contribution in [0.5, 0.6) is 0 Å². The third-order valence-electron chi connectivity index (χ3n) is 5.28. The Morgan fingerprint density at radius 1 is 1.35 bits per heavy atom. The molecule has 1 aliphatic heterocycles. The highest BCUT2D eigenvalue weighted by Crippen LogP contribution is 2.45. The van der Waals surface area contributed by atoms with E-state index >= 15 is 0 Å². The molecule has 2 N–H and O–H groups in total. The lowest BCUT2D eigenvalue weighted by molar-refractivity contribution is -0.384. The number of nitro groups is 1. The lowest BCUT2D eigenvalue weighted by Gasteiger charge is -2.20. The van der Waals surface area contributed by atoms with Crippen molar-refractivity contribution in [3.05, 3.63) is 52.6 Å². The van der Waals surface area contributed by atoms with Gasteiger partial charge in [-0.3, -0.25) is 14.9 Å². The Balaban J connectivity index is 0.00000341. The van der Waals surface area contributed by atoms with Crippen LogP contribution in [0.4, 0.5) is 5.69 Å². The predicted molar refractivity (Wildman–Crippen MR) is 112 cm³/mol. The summed E-state index contributed by atoms with van der Waals surface area (Å²) in [6.07, 6.45) is 1.75. The molecule has 1 saturated carbocycles. The van der Waals surface area contributed by atoms with Crippen molar-refractivity contribution in [2.75, 3.05) is 13.2 Å². The maximum atomic E-state index is 12.7. The van der Waals surface area contributed by atoms with Crippen LogP contribution in [-0.4, -0.2) is 53.6 Å². The van der Waals surface area contributed by atoms with Crippen LogP contribution in [0.25, 0.3) is 0 Å². The van der Waals surface area contributed by atoms with Crippen molar-refractivity contribution >= 4 is 35.9 Å². The van der Waals surface area contributed by atoms with Gasteiger partial charge in [0.25, 0.3) is 5.69 Å². The van der Waals surface area contributed by atoms with Gasteiger partial charge in [-0.05, 0) is 25.5 Å². The van der Waals surface area contributed by atoms with Crippen LogP contribution in [0, 0.1) is 16.0 Å². The van der Waals surface area contributed by atoms with Gasteiger partial charge in [-0.2, -0.15) is 0 Å². The number of carbonyl (C=O) groups excluding carboxylic acids is 3. The molecule has 2 fully saturated rings. The summed E-state index contributed by atoms with van der Waals surface area (Å²) in [5, 5.41) is 16.4. The molecule has 4 atom stereocenters. The van der Waals surface area contributed by atoms with E-state index in [4.69, 9.17) is 9.47 Å². The first-order valence-corrected chi connectivity index (χ1v) is 9.61. The van der Waals surface area contributed by atoms with Crippen molar-refractivity contribution < 1.29 is 28.8 Å². The largest absolute Gasteiger partial charge is 0.464 e. The first kappa shape index (κ1) is 24.3. The fourth-order valence-corrected chi connectivity index (χ4v) is 3.50. The van der Waals surface area contributed by atoms with Crippen molar-refractivity contribution in [2.45, 2.75) is 37.5 Å². The molecule has 168 valence electrons. The fourth-order valence-electron chi connectivity index (χ4n) is 3.50. The Morgan fingerprint density at radius 3 is 2.58 bits per heavy atom. The van der Waals surface area contributed by atoms with E-state index in [0.717, 1.165) is 0 Å². The zero-order chi connectivity index (χ0) is 21.9. The Bertz CT molecular complexity index is 876. The zero-order valence-electron chi connectivity index (χ0n) is 16.9. The Kier molecular flexibility index (Phi) is 7.75. The number of nitrogens with zero attached hydrogens (tertiary/aromatic N) is 1. The SMILES string of the molecule is C=CC1CC1(NC(=O)[C@@H]1C[C@@H](OC(=O)c2ccc([N+](=O)[O-])cc2)CN1)C(=O)OCC.Cl. The summed E-state index contributed by atoms with van der Waals surface area (Å²) in [6.45, 7) is 5.86. The van der Waals surface area contributed by atoms with Crippen LogP contribution in [0.15, 0.2) is 36.9 Å². The number of hydrogen-bond acceptors (Lipinski definition) is 8. The van der Waals surface area contributed by atoms with E-state index in [0.29, 0.717) is 6.42 Å². The van der Waals surface area contributed by atoms with Gasteiger partial charge in [0.1, 0.15) is 11.6 Å². The van der Waals surface area contributed by atoms with Crippen LogP contribution in [-0.2, 0) is 19.1 Å². The summed E-state index contributed by atoms with van der Waals surface area (Å²) in [5.74, 6) is -1.67. The van der Waals surface area contributed by atoms with Crippen molar-refractivity contribution in [3.8, 4) is 0 Å². The second kappa shape index (κ2) is 9.88. The summed E-state index contributed by atoms with van der Waals surface area (Å²) in [7, 11) is 0. The van der Waals surface area contributed by atoms with E-state index in [1.807, 2.05) is 0 Å². The van der Waals surface area contributed by atoms with Crippen molar-refractivity contribution in [1.82, 2.24) is 10.6 Å². The van der Waals surface area contributed by atoms with E-state index in [9.17, 15) is 24.5 Å². The first-order valence-electron chi connectivity index (χ1n) is 9.61. The van der Waals surface area contributed by atoms with Gasteiger partial charge in [-0.25, -0.2) is 9.59 Å². The first-order chi connectivity index (χ1) is 14.3. The second-order valence-corrected chi connectivity index (χ2v) is 7.26. The highest BCUT2D eigenvalue weighted by atomic mass is 35.5. The number of non-ortho nitro benzene ring substituents is 1. The summed E-state index contributed by atoms with van der Waals surface area (Å²) < 4.78 is 10.5. The zero-order valence-corrected chi connectivity index (χ0v) is 17.7. The minimum Gasteiger partial charge on any atom is -0.464 e. The van der Waals surface area contributed by atoms with E-state index in [-0.39, 0.29) is 55.1 Å². The third kappa shape index (κ3) is 5.20. The van der Waals surface area contributed by atoms with Crippen LogP contribution in [0.2, 0.25) is 0 Å². The van der Waals surface area contributed by atoms with Gasteiger partial charge in [0, 0.05) is 31.0 Å². The van der Waals surface area contributed by atoms with Crippen LogP contribution in [0.3, 0.4) is 0 Å². The lowest BCUT2D eigenvalue weighted by Crippen LogP contribution is -2.51. The molecule has 0 bridgehead atoms. The summed E-state index contributed by atoms with van der Waals surface area (Å²) in [6, 6.07) is 4.45. The van der Waals surface area contributed by atoms with E-state index in [1.165, 1.54) is 24.3 Å². The van der Waals surface area contributed by atoms with E-state index in [2.05, 4.69) is 17.2 Å². The minimum absolute atomic E-state index is 0. The Hall–Kier alpha value is -2.98. The summed E-state index contributed by atoms with van der Waals surface area (Å²) >= 11 is 0. The number of rotatable bonds is 8. The molecule has 0 spiro atoms. The molecule has 10 nitrogen and oxygen atoms in total. The molecule has 1 aliphatic carbocycles. The molecule has 2 aliphatic rings. The van der Waals surface area contributed by atoms with Gasteiger partial charge >= 0.3 is 11.9 Å². The quantitative estimate of drug-likeness (QED) is 0.261. The van der Waals surface area contributed by atoms with Crippen LogP contribution < -0.4 is 10.6 Å². The third-order valence-corrected chi connectivity index (χ3v) is 5.28. The molecule has 31 heavy (non-hydrogen) atoms. The molecule has 3 rings (SSSR count). The number of carbonyl (C=O) groups is 3. The Labute approximate surface area is 184 Å². The summed E-state index contributed by atoms with van der Waals surface area (Å²) in [5.41, 5.74) is -1.02. The second-order valence-electron chi connectivity index (χ2n) is 7.26. The predicted octanol–water partition coefficient (Wildman–Crippen LogP) is 1.53. The summed E-state index contributed by atoms with van der Waals surface area (Å²) in [4.78, 5) is 47.3. The number of hydrogen-bond donors (Lipinski definition) is 2. The van der Waals surface area contributed by atoms with Gasteiger partial charge in [0.15, 0.2) is 0 Å². The number of esters is 2. The van der Waals surface area contributed by atoms with Crippen molar-refractivity contribution in [3.63, 3.8) is 0 Å². The van der Waals surface area contributed by atoms with Crippen LogP contribution >= 0.6 is 12.4 Å². The van der Waals surface area contributed by atoms with E-state index < -0.39 is 34.5 Å². The standard InChI is InChI=1S/C20H23N3O7.ClH/c1-3-13-10-20(13,19(26)29-4-2)22-17(24)16-9-15(11-21-16)30-18(25)12-5-7-14(8-6-12)23(27)28;/h3,5-8,13,15-16,21H,1,4,9-11H2,2H3,(H,22,24);1H/t13?,15-,16+,20?;/m1./s1. The molecular formula is C20H24ClN3O7. The number of nitro benzene ring substituents is 1. The van der Waals surface area contributed by atoms with Crippen molar-refractivity contribution in [2.24, 2.45) is 5.92 Å². The molecule has 11 heteroatoms. The van der Waals surface area contributed by atoms with Gasteiger partial charge in [0.05, 0.1) is 23.1 Å². The molecule has 1 heterocycles. The minimum atomic E-state index is -1.08. The molecule has 1 aromatic carbocycles. The molecule has 1 saturated heterocycles. The maximum absolute atomic E-state index is 12.7. The van der Waals surface area contributed by atoms with Gasteiger partial charge < -0.3 is 20.1 Å². The van der Waals surface area contributed by atoms with Crippen molar-refractivity contribution in [1.29, 1.82) is 0 Å². The normalized spacial score (nSPS) is 26.2. The average Bonchev–Trinajstić information content (AvgIpc) is 3.25. The number of nitrogens with one attached hydrogen (secondary N) is 2. The fraction of sp³-hybridized carbons (Fsp3) is 0.450.